The fraction of sp³-hybridized carbons (Fsp3) is 0.278. The van der Waals surface area contributed by atoms with Gasteiger partial charge in [-0.1, -0.05) is 17.7 Å². The molecule has 0 heterocycles. The zero-order chi connectivity index (χ0) is 18.8. The molecule has 0 bridgehead atoms. The molecule has 0 aliphatic carbocycles. The van der Waals surface area contributed by atoms with Crippen molar-refractivity contribution in [2.75, 3.05) is 5.32 Å². The average Bonchev–Trinajstić information content (AvgIpc) is 2.52. The lowest BCUT2D eigenvalue weighted by Gasteiger charge is -2.16. The molecular formula is C18H22N2O3S2. The van der Waals surface area contributed by atoms with Crippen LogP contribution in [0.2, 0.25) is 0 Å². The van der Waals surface area contributed by atoms with E-state index in [2.05, 4.69) is 5.32 Å². The van der Waals surface area contributed by atoms with Crippen LogP contribution < -0.4 is 10.5 Å². The summed E-state index contributed by atoms with van der Waals surface area (Å²) in [4.78, 5) is 13.5. The molecule has 2 aromatic carbocycles. The van der Waals surface area contributed by atoms with Crippen LogP contribution >= 0.6 is 11.8 Å². The fourth-order valence-electron chi connectivity index (χ4n) is 2.23. The quantitative estimate of drug-likeness (QED) is 0.781. The van der Waals surface area contributed by atoms with Gasteiger partial charge in [-0.2, -0.15) is 0 Å². The SMILES string of the molecule is Cc1ccc(S[C@@H](C)C(=O)Nc2cc(S(N)(=O)=O)cc(C)c2C)cc1. The zero-order valence-corrected chi connectivity index (χ0v) is 16.3. The Balaban J connectivity index is 2.19. The fourth-order valence-corrected chi connectivity index (χ4v) is 3.72. The van der Waals surface area contributed by atoms with Crippen molar-refractivity contribution in [2.45, 2.75) is 42.7 Å². The van der Waals surface area contributed by atoms with E-state index in [1.165, 1.54) is 23.9 Å². The molecule has 0 fully saturated rings. The summed E-state index contributed by atoms with van der Waals surface area (Å²) >= 11 is 1.44. The van der Waals surface area contributed by atoms with Gasteiger partial charge >= 0.3 is 0 Å². The summed E-state index contributed by atoms with van der Waals surface area (Å²) in [5, 5.41) is 7.69. The first-order valence-electron chi connectivity index (χ1n) is 7.76. The number of nitrogens with two attached hydrogens (primary N) is 1. The van der Waals surface area contributed by atoms with Gasteiger partial charge in [0.05, 0.1) is 10.1 Å². The van der Waals surface area contributed by atoms with Gasteiger partial charge in [0.2, 0.25) is 15.9 Å². The maximum Gasteiger partial charge on any atom is 0.238 e. The summed E-state index contributed by atoms with van der Waals surface area (Å²) in [5.41, 5.74) is 3.19. The summed E-state index contributed by atoms with van der Waals surface area (Å²) in [6, 6.07) is 10.8. The number of anilines is 1. The number of nitrogens with one attached hydrogen (secondary N) is 1. The first-order chi connectivity index (χ1) is 11.6. The lowest BCUT2D eigenvalue weighted by atomic mass is 10.1. The van der Waals surface area contributed by atoms with Crippen LogP contribution in [0.25, 0.3) is 0 Å². The van der Waals surface area contributed by atoms with Crippen molar-refractivity contribution < 1.29 is 13.2 Å². The summed E-state index contributed by atoms with van der Waals surface area (Å²) in [5.74, 6) is -0.195. The number of thioether (sulfide) groups is 1. The predicted molar refractivity (Wildman–Crippen MR) is 102 cm³/mol. The van der Waals surface area contributed by atoms with Crippen LogP contribution in [0.5, 0.6) is 0 Å². The van der Waals surface area contributed by atoms with E-state index in [1.54, 1.807) is 6.92 Å². The van der Waals surface area contributed by atoms with Crippen molar-refractivity contribution in [3.8, 4) is 0 Å². The number of amides is 1. The third-order valence-electron chi connectivity index (χ3n) is 3.93. The smallest absolute Gasteiger partial charge is 0.238 e. The van der Waals surface area contributed by atoms with Gasteiger partial charge in [0, 0.05) is 10.6 Å². The summed E-state index contributed by atoms with van der Waals surface area (Å²) in [7, 11) is -3.83. The molecule has 0 radical (unpaired) electrons. The highest BCUT2D eigenvalue weighted by molar-refractivity contribution is 8.00. The molecule has 5 nitrogen and oxygen atoms in total. The van der Waals surface area contributed by atoms with Crippen LogP contribution in [-0.2, 0) is 14.8 Å². The maximum atomic E-state index is 12.5. The molecule has 0 aromatic heterocycles. The summed E-state index contributed by atoms with van der Waals surface area (Å²) in [6.45, 7) is 7.43. The van der Waals surface area contributed by atoms with Gasteiger partial charge < -0.3 is 5.32 Å². The Morgan fingerprint density at radius 3 is 2.28 bits per heavy atom. The Kier molecular flexibility index (Phi) is 5.92. The molecule has 0 spiro atoms. The number of carbonyl (C=O) groups excluding carboxylic acids is 1. The van der Waals surface area contributed by atoms with E-state index >= 15 is 0 Å². The van der Waals surface area contributed by atoms with Gasteiger partial charge in [-0.05, 0) is 63.1 Å². The second-order valence-corrected chi connectivity index (χ2v) is 9.00. The van der Waals surface area contributed by atoms with Gasteiger partial charge in [0.1, 0.15) is 0 Å². The lowest BCUT2D eigenvalue weighted by molar-refractivity contribution is -0.115. The monoisotopic (exact) mass is 378 g/mol. The molecule has 25 heavy (non-hydrogen) atoms. The van der Waals surface area contributed by atoms with Gasteiger partial charge in [-0.3, -0.25) is 4.79 Å². The normalized spacial score (nSPS) is 12.7. The van der Waals surface area contributed by atoms with Crippen LogP contribution in [-0.4, -0.2) is 19.6 Å². The number of primary sulfonamides is 1. The summed E-state index contributed by atoms with van der Waals surface area (Å²) in [6.07, 6.45) is 0. The van der Waals surface area contributed by atoms with E-state index in [-0.39, 0.29) is 16.1 Å². The van der Waals surface area contributed by atoms with Crippen molar-refractivity contribution in [1.82, 2.24) is 0 Å². The Morgan fingerprint density at radius 2 is 1.72 bits per heavy atom. The second-order valence-electron chi connectivity index (χ2n) is 6.02. The highest BCUT2D eigenvalue weighted by Gasteiger charge is 2.18. The minimum atomic E-state index is -3.83. The molecule has 0 unspecified atom stereocenters. The van der Waals surface area contributed by atoms with Crippen molar-refractivity contribution in [2.24, 2.45) is 5.14 Å². The molecule has 2 aromatic rings. The molecule has 0 saturated carbocycles. The Morgan fingerprint density at radius 1 is 1.12 bits per heavy atom. The van der Waals surface area contributed by atoms with Crippen LogP contribution in [0.4, 0.5) is 5.69 Å². The molecule has 7 heteroatoms. The standard InChI is InChI=1S/C18H22N2O3S2/c1-11-5-7-15(8-6-11)24-14(4)18(21)20-17-10-16(25(19,22)23)9-12(2)13(17)3/h5-10,14H,1-4H3,(H,20,21)(H2,19,22,23)/t14-/m0/s1. The molecule has 2 rings (SSSR count). The minimum absolute atomic E-state index is 0.00950. The van der Waals surface area contributed by atoms with E-state index in [0.717, 1.165) is 21.6 Å². The number of sulfonamides is 1. The summed E-state index contributed by atoms with van der Waals surface area (Å²) < 4.78 is 23.2. The van der Waals surface area contributed by atoms with Crippen molar-refractivity contribution in [3.63, 3.8) is 0 Å². The topological polar surface area (TPSA) is 89.3 Å². The van der Waals surface area contributed by atoms with Crippen LogP contribution in [0.15, 0.2) is 46.2 Å². The maximum absolute atomic E-state index is 12.5. The molecule has 0 aliphatic heterocycles. The lowest BCUT2D eigenvalue weighted by Crippen LogP contribution is -2.23. The minimum Gasteiger partial charge on any atom is -0.325 e. The van der Waals surface area contributed by atoms with E-state index in [0.29, 0.717) is 5.69 Å². The van der Waals surface area contributed by atoms with Crippen molar-refractivity contribution in [3.05, 3.63) is 53.1 Å². The van der Waals surface area contributed by atoms with Gasteiger partial charge in [0.25, 0.3) is 0 Å². The highest BCUT2D eigenvalue weighted by Crippen LogP contribution is 2.27. The van der Waals surface area contributed by atoms with E-state index in [9.17, 15) is 13.2 Å². The Labute approximate surface area is 153 Å². The molecule has 1 amide bonds. The van der Waals surface area contributed by atoms with Crippen LogP contribution in [0.3, 0.4) is 0 Å². The van der Waals surface area contributed by atoms with Crippen LogP contribution in [0, 0.1) is 20.8 Å². The third kappa shape index (κ3) is 5.07. The first-order valence-corrected chi connectivity index (χ1v) is 10.2. The first kappa shape index (κ1) is 19.5. The molecule has 1 atom stereocenters. The number of carbonyl (C=O) groups is 1. The Bertz CT molecular complexity index is 891. The highest BCUT2D eigenvalue weighted by atomic mass is 32.2. The Hall–Kier alpha value is -1.83. The molecular weight excluding hydrogens is 356 g/mol. The molecule has 0 aliphatic rings. The van der Waals surface area contributed by atoms with Gasteiger partial charge in [-0.25, -0.2) is 13.6 Å². The van der Waals surface area contributed by atoms with Crippen LogP contribution in [0.1, 0.15) is 23.6 Å². The number of rotatable bonds is 5. The molecule has 3 N–H and O–H groups in total. The molecule has 134 valence electrons. The number of benzene rings is 2. The van der Waals surface area contributed by atoms with E-state index in [4.69, 9.17) is 5.14 Å². The number of aryl methyl sites for hydroxylation is 2. The zero-order valence-electron chi connectivity index (χ0n) is 14.7. The van der Waals surface area contributed by atoms with Crippen molar-refractivity contribution in [1.29, 1.82) is 0 Å². The van der Waals surface area contributed by atoms with Crippen molar-refractivity contribution >= 4 is 33.4 Å². The van der Waals surface area contributed by atoms with Gasteiger partial charge in [0.15, 0.2) is 0 Å². The number of hydrogen-bond acceptors (Lipinski definition) is 4. The third-order valence-corrected chi connectivity index (χ3v) is 5.94. The second kappa shape index (κ2) is 7.59. The van der Waals surface area contributed by atoms with E-state index < -0.39 is 10.0 Å². The largest absolute Gasteiger partial charge is 0.325 e. The van der Waals surface area contributed by atoms with Gasteiger partial charge in [-0.15, -0.1) is 11.8 Å². The average molecular weight is 379 g/mol. The number of hydrogen-bond donors (Lipinski definition) is 2. The predicted octanol–water partition coefficient (Wildman–Crippen LogP) is 3.38. The molecule has 0 saturated heterocycles. The van der Waals surface area contributed by atoms with E-state index in [1.807, 2.05) is 45.0 Å².